The van der Waals surface area contributed by atoms with Gasteiger partial charge in [0, 0.05) is 13.5 Å². The molecule has 2 unspecified atom stereocenters. The molecule has 2 atom stereocenters. The first-order chi connectivity index (χ1) is 7.15. The van der Waals surface area contributed by atoms with Gasteiger partial charge < -0.3 is 14.2 Å². The molecule has 6 heteroatoms. The maximum Gasteiger partial charge on any atom is 0.261 e. The Morgan fingerprint density at radius 1 is 1.40 bits per heavy atom. The number of ether oxygens (including phenoxy) is 3. The van der Waals surface area contributed by atoms with Gasteiger partial charge in [-0.2, -0.15) is 0 Å². The summed E-state index contributed by atoms with van der Waals surface area (Å²) in [5, 5.41) is 0. The van der Waals surface area contributed by atoms with E-state index in [0.717, 1.165) is 0 Å². The summed E-state index contributed by atoms with van der Waals surface area (Å²) in [5.74, 6) is -0.106. The number of carbonyl (C=O) groups is 1. The Labute approximate surface area is 86.5 Å². The van der Waals surface area contributed by atoms with E-state index in [1.807, 2.05) is 0 Å². The van der Waals surface area contributed by atoms with Crippen molar-refractivity contribution in [1.82, 2.24) is 0 Å². The molecule has 0 spiro atoms. The van der Waals surface area contributed by atoms with Gasteiger partial charge in [-0.1, -0.05) is 0 Å². The number of carbonyl (C=O) groups excluding carboxylic acids is 1. The van der Waals surface area contributed by atoms with Gasteiger partial charge in [-0.25, -0.2) is 8.78 Å². The normalized spacial score (nSPS) is 25.7. The topological polar surface area (TPSA) is 44.8 Å². The second-order valence-electron chi connectivity index (χ2n) is 3.22. The SMILES string of the molecule is COCCOC1C(=O)CC1OCC(F)F. The number of rotatable bonds is 7. The fourth-order valence-electron chi connectivity index (χ4n) is 1.27. The fraction of sp³-hybridized carbons (Fsp3) is 0.889. The lowest BCUT2D eigenvalue weighted by Crippen LogP contribution is -2.51. The van der Waals surface area contributed by atoms with Crippen LogP contribution in [0.4, 0.5) is 8.78 Å². The fourth-order valence-corrected chi connectivity index (χ4v) is 1.27. The molecule has 0 heterocycles. The molecule has 1 fully saturated rings. The molecule has 0 saturated heterocycles. The van der Waals surface area contributed by atoms with E-state index in [4.69, 9.17) is 14.2 Å². The zero-order valence-electron chi connectivity index (χ0n) is 8.45. The molecule has 4 nitrogen and oxygen atoms in total. The summed E-state index contributed by atoms with van der Waals surface area (Å²) in [6, 6.07) is 0. The Kier molecular flexibility index (Phi) is 5.07. The molecule has 15 heavy (non-hydrogen) atoms. The summed E-state index contributed by atoms with van der Waals surface area (Å²) in [7, 11) is 1.51. The zero-order valence-corrected chi connectivity index (χ0v) is 8.45. The molecular formula is C9H14F2O4. The van der Waals surface area contributed by atoms with Gasteiger partial charge in [0.15, 0.2) is 5.78 Å². The van der Waals surface area contributed by atoms with Crippen molar-refractivity contribution in [3.8, 4) is 0 Å². The van der Waals surface area contributed by atoms with E-state index in [2.05, 4.69) is 0 Å². The predicted octanol–water partition coefficient (Wildman–Crippen LogP) is 0.641. The van der Waals surface area contributed by atoms with Crippen LogP contribution in [0.1, 0.15) is 6.42 Å². The molecule has 1 aliphatic carbocycles. The van der Waals surface area contributed by atoms with Gasteiger partial charge in [0.1, 0.15) is 12.7 Å². The van der Waals surface area contributed by atoms with Crippen LogP contribution in [0, 0.1) is 0 Å². The lowest BCUT2D eigenvalue weighted by atomic mass is 9.90. The Morgan fingerprint density at radius 3 is 2.67 bits per heavy atom. The molecule has 0 aromatic carbocycles. The average Bonchev–Trinajstić information content (AvgIpc) is 2.18. The first-order valence-electron chi connectivity index (χ1n) is 4.68. The van der Waals surface area contributed by atoms with Crippen LogP contribution in [-0.4, -0.2) is 51.3 Å². The highest BCUT2D eigenvalue weighted by atomic mass is 19.3. The smallest absolute Gasteiger partial charge is 0.261 e. The summed E-state index contributed by atoms with van der Waals surface area (Å²) in [6.45, 7) is -0.0190. The standard InChI is InChI=1S/C9H14F2O4/c1-13-2-3-14-9-6(12)4-7(9)15-5-8(10)11/h7-9H,2-5H2,1H3. The first-order valence-corrected chi connectivity index (χ1v) is 4.68. The van der Waals surface area contributed by atoms with Crippen LogP contribution in [0.5, 0.6) is 0 Å². The highest BCUT2D eigenvalue weighted by molar-refractivity contribution is 5.90. The monoisotopic (exact) mass is 224 g/mol. The molecule has 0 aromatic rings. The van der Waals surface area contributed by atoms with Gasteiger partial charge in [0.25, 0.3) is 6.43 Å². The van der Waals surface area contributed by atoms with Crippen molar-refractivity contribution in [3.05, 3.63) is 0 Å². The third-order valence-electron chi connectivity index (χ3n) is 2.08. The molecule has 0 amide bonds. The Hall–Kier alpha value is -0.590. The second-order valence-corrected chi connectivity index (χ2v) is 3.22. The van der Waals surface area contributed by atoms with Gasteiger partial charge >= 0.3 is 0 Å². The van der Waals surface area contributed by atoms with Gasteiger partial charge in [-0.05, 0) is 0 Å². The maximum atomic E-state index is 11.8. The largest absolute Gasteiger partial charge is 0.382 e. The van der Waals surface area contributed by atoms with E-state index in [0.29, 0.717) is 6.61 Å². The average molecular weight is 224 g/mol. The van der Waals surface area contributed by atoms with Crippen LogP contribution in [0.25, 0.3) is 0 Å². The number of halogens is 2. The second kappa shape index (κ2) is 6.09. The van der Waals surface area contributed by atoms with Gasteiger partial charge in [-0.3, -0.25) is 4.79 Å². The highest BCUT2D eigenvalue weighted by Crippen LogP contribution is 2.23. The van der Waals surface area contributed by atoms with Crippen LogP contribution in [0.2, 0.25) is 0 Å². The van der Waals surface area contributed by atoms with Gasteiger partial charge in [0.05, 0.1) is 19.3 Å². The number of Topliss-reactive ketones (excluding diaryl/α,β-unsaturated/α-hetero) is 1. The van der Waals surface area contributed by atoms with E-state index < -0.39 is 25.2 Å². The highest BCUT2D eigenvalue weighted by Gasteiger charge is 2.41. The van der Waals surface area contributed by atoms with Crippen LogP contribution in [-0.2, 0) is 19.0 Å². The van der Waals surface area contributed by atoms with Crippen LogP contribution >= 0.6 is 0 Å². The lowest BCUT2D eigenvalue weighted by Gasteiger charge is -2.34. The Bertz CT molecular complexity index is 210. The summed E-state index contributed by atoms with van der Waals surface area (Å²) in [5.41, 5.74) is 0. The summed E-state index contributed by atoms with van der Waals surface area (Å²) in [6.07, 6.45) is -3.58. The van der Waals surface area contributed by atoms with E-state index in [1.54, 1.807) is 0 Å². The molecule has 0 N–H and O–H groups in total. The Morgan fingerprint density at radius 2 is 2.13 bits per heavy atom. The number of alkyl halides is 2. The summed E-state index contributed by atoms with van der Waals surface area (Å²) < 4.78 is 38.3. The Balaban J connectivity index is 2.19. The van der Waals surface area contributed by atoms with Crippen molar-refractivity contribution in [2.24, 2.45) is 0 Å². The molecule has 0 aliphatic heterocycles. The summed E-state index contributed by atoms with van der Waals surface area (Å²) >= 11 is 0. The third-order valence-corrected chi connectivity index (χ3v) is 2.08. The number of ketones is 1. The number of hydrogen-bond donors (Lipinski definition) is 0. The van der Waals surface area contributed by atoms with E-state index >= 15 is 0 Å². The number of methoxy groups -OCH3 is 1. The van der Waals surface area contributed by atoms with E-state index in [-0.39, 0.29) is 18.8 Å². The lowest BCUT2D eigenvalue weighted by molar-refractivity contribution is -0.172. The van der Waals surface area contributed by atoms with Crippen LogP contribution in [0.15, 0.2) is 0 Å². The minimum absolute atomic E-state index is 0.106. The maximum absolute atomic E-state index is 11.8. The summed E-state index contributed by atoms with van der Waals surface area (Å²) in [4.78, 5) is 11.0. The molecule has 88 valence electrons. The number of hydrogen-bond acceptors (Lipinski definition) is 4. The van der Waals surface area contributed by atoms with Gasteiger partial charge in [-0.15, -0.1) is 0 Å². The molecule has 0 radical (unpaired) electrons. The van der Waals surface area contributed by atoms with Crippen molar-refractivity contribution in [3.63, 3.8) is 0 Å². The predicted molar refractivity (Wildman–Crippen MR) is 47.0 cm³/mol. The molecule has 0 bridgehead atoms. The van der Waals surface area contributed by atoms with Crippen molar-refractivity contribution in [2.45, 2.75) is 25.1 Å². The zero-order chi connectivity index (χ0) is 11.3. The molecule has 1 rings (SSSR count). The molecule has 1 aliphatic rings. The first kappa shape index (κ1) is 12.5. The van der Waals surface area contributed by atoms with Crippen LogP contribution < -0.4 is 0 Å². The van der Waals surface area contributed by atoms with Crippen molar-refractivity contribution in [1.29, 1.82) is 0 Å². The molecule has 1 saturated carbocycles. The van der Waals surface area contributed by atoms with E-state index in [9.17, 15) is 13.6 Å². The van der Waals surface area contributed by atoms with Crippen molar-refractivity contribution in [2.75, 3.05) is 26.9 Å². The molecular weight excluding hydrogens is 210 g/mol. The third kappa shape index (κ3) is 3.81. The van der Waals surface area contributed by atoms with Crippen molar-refractivity contribution < 1.29 is 27.8 Å². The van der Waals surface area contributed by atoms with E-state index in [1.165, 1.54) is 7.11 Å². The molecule has 0 aromatic heterocycles. The van der Waals surface area contributed by atoms with Gasteiger partial charge in [0.2, 0.25) is 0 Å². The van der Waals surface area contributed by atoms with Crippen LogP contribution in [0.3, 0.4) is 0 Å². The minimum atomic E-state index is -2.51. The quantitative estimate of drug-likeness (QED) is 0.595. The van der Waals surface area contributed by atoms with Crippen molar-refractivity contribution >= 4 is 5.78 Å². The minimum Gasteiger partial charge on any atom is -0.382 e.